The van der Waals surface area contributed by atoms with E-state index in [-0.39, 0.29) is 44.8 Å². The Morgan fingerprint density at radius 1 is 0.438 bits per heavy atom. The maximum atomic E-state index is 2.91. The van der Waals surface area contributed by atoms with Crippen LogP contribution in [0, 0.1) is 6.92 Å². The van der Waals surface area contributed by atoms with Gasteiger partial charge in [-0.2, -0.15) is 0 Å². The molecule has 0 N–H and O–H groups in total. The summed E-state index contributed by atoms with van der Waals surface area (Å²) in [5, 5.41) is 2.78. The molecular formula is C69H71BN2S. The topological polar surface area (TPSA) is 6.48 Å². The molecular weight excluding hydrogens is 900 g/mol. The predicted octanol–water partition coefficient (Wildman–Crippen LogP) is 17.8. The van der Waals surface area contributed by atoms with Crippen LogP contribution >= 0.6 is 11.3 Å². The first kappa shape index (κ1) is 44.9. The third-order valence-corrected chi connectivity index (χ3v) is 22.2. The molecule has 0 fully saturated rings. The number of fused-ring (bicyclic) bond motifs is 18. The normalized spacial score (nSPS) is 22.7. The minimum absolute atomic E-state index is 0.0124. The molecule has 1 aromatic heterocycles. The third kappa shape index (κ3) is 5.43. The lowest BCUT2D eigenvalue weighted by atomic mass is 9.42. The number of hydrogen-bond acceptors (Lipinski definition) is 3. The van der Waals surface area contributed by atoms with E-state index >= 15 is 0 Å². The van der Waals surface area contributed by atoms with Gasteiger partial charge in [-0.25, -0.2) is 0 Å². The third-order valence-electron chi connectivity index (χ3n) is 21.0. The molecule has 73 heavy (non-hydrogen) atoms. The lowest BCUT2D eigenvalue weighted by Crippen LogP contribution is -2.63. The maximum Gasteiger partial charge on any atom is 0.333 e. The summed E-state index contributed by atoms with van der Waals surface area (Å²) in [5.41, 5.74) is 30.5. The van der Waals surface area contributed by atoms with E-state index in [4.69, 9.17) is 0 Å². The Morgan fingerprint density at radius 3 is 1.78 bits per heavy atom. The fourth-order valence-corrected chi connectivity index (χ4v) is 17.7. The highest BCUT2D eigenvalue weighted by atomic mass is 32.1. The summed E-state index contributed by atoms with van der Waals surface area (Å²) in [5.74, 6) is 0. The van der Waals surface area contributed by atoms with E-state index in [2.05, 4.69) is 210 Å². The Kier molecular flexibility index (Phi) is 8.38. The number of benzene rings is 7. The van der Waals surface area contributed by atoms with Crippen molar-refractivity contribution >= 4 is 77.7 Å². The molecule has 7 aromatic carbocycles. The highest BCUT2D eigenvalue weighted by molar-refractivity contribution is 7.26. The molecule has 0 amide bonds. The second kappa shape index (κ2) is 13.6. The molecule has 15 rings (SSSR count). The van der Waals surface area contributed by atoms with Crippen molar-refractivity contribution < 1.29 is 0 Å². The van der Waals surface area contributed by atoms with Crippen molar-refractivity contribution in [1.29, 1.82) is 0 Å². The Balaban J connectivity index is 1.16. The van der Waals surface area contributed by atoms with Crippen molar-refractivity contribution in [3.8, 4) is 22.3 Å². The molecule has 4 heteroatoms. The summed E-state index contributed by atoms with van der Waals surface area (Å²) in [6, 6.07) is 42.5. The quantitative estimate of drug-likeness (QED) is 0.151. The second-order valence-corrected chi connectivity index (χ2v) is 29.2. The number of anilines is 5. The van der Waals surface area contributed by atoms with Crippen LogP contribution in [0.25, 0.3) is 42.4 Å². The molecule has 4 aliphatic carbocycles. The molecule has 1 atom stereocenters. The zero-order valence-corrected chi connectivity index (χ0v) is 46.8. The molecule has 7 aliphatic rings. The summed E-state index contributed by atoms with van der Waals surface area (Å²) in [6.07, 6.45) is 7.10. The smallest absolute Gasteiger partial charge is 0.333 e. The monoisotopic (exact) mass is 971 g/mol. The molecule has 0 radical (unpaired) electrons. The van der Waals surface area contributed by atoms with Gasteiger partial charge in [0.1, 0.15) is 0 Å². The van der Waals surface area contributed by atoms with Crippen molar-refractivity contribution in [2.24, 2.45) is 0 Å². The van der Waals surface area contributed by atoms with Crippen molar-refractivity contribution in [3.05, 3.63) is 159 Å². The van der Waals surface area contributed by atoms with Gasteiger partial charge in [0, 0.05) is 48.2 Å². The number of thiophene rings is 1. The van der Waals surface area contributed by atoms with Crippen LogP contribution in [-0.4, -0.2) is 6.85 Å². The van der Waals surface area contributed by atoms with Crippen LogP contribution < -0.4 is 20.6 Å². The first-order valence-corrected chi connectivity index (χ1v) is 28.7. The van der Waals surface area contributed by atoms with Gasteiger partial charge in [0.15, 0.2) is 0 Å². The largest absolute Gasteiger partial charge is 0.376 e. The molecule has 4 heterocycles. The van der Waals surface area contributed by atoms with Gasteiger partial charge < -0.3 is 9.71 Å². The van der Waals surface area contributed by atoms with Gasteiger partial charge in [-0.05, 0) is 205 Å². The minimum Gasteiger partial charge on any atom is -0.376 e. The SMILES string of the molecule is Cc1cc2c(c3c1N1c4c(ccc5c4C3(C)c3ccccc3-5)B3c4c(cc5sc6ccccc6c5c41)-c1cc4c(cc1N3c1ccc3c(c1)C(C)(C)CCC3(C)C)C(C)(C)CCC4(C)C)C(C)(C)CCC2(C)C. The van der Waals surface area contributed by atoms with Gasteiger partial charge in [0.25, 0.3) is 0 Å². The van der Waals surface area contributed by atoms with E-state index in [0.29, 0.717) is 0 Å². The van der Waals surface area contributed by atoms with Crippen LogP contribution in [-0.2, 0) is 37.9 Å². The Hall–Kier alpha value is -5.58. The summed E-state index contributed by atoms with van der Waals surface area (Å²) in [7, 11) is 0. The van der Waals surface area contributed by atoms with Gasteiger partial charge in [0.05, 0.1) is 11.4 Å². The van der Waals surface area contributed by atoms with E-state index in [1.54, 1.807) is 16.7 Å². The van der Waals surface area contributed by atoms with Crippen LogP contribution in [0.1, 0.15) is 184 Å². The fraction of sp³-hybridized carbons (Fsp3) is 0.391. The highest BCUT2D eigenvalue weighted by Crippen LogP contribution is 2.68. The molecule has 0 bridgehead atoms. The van der Waals surface area contributed by atoms with E-state index in [1.807, 2.05) is 11.3 Å². The first-order valence-electron chi connectivity index (χ1n) is 27.8. The molecule has 366 valence electrons. The standard InChI is InChI=1S/C69H71BN2S/c1-38-33-50-57(68(12,13)32-31-67(50,10)11)58-60(38)71-61-51(26-24-41-40-19-15-17-21-45(40)69(58,14)56(41)61)70-59-44(36-54-55(62(59)71)42-20-16-18-22-53(42)73-54)43-35-48-49(66(8,9)30-29-65(48,6)7)37-52(43)72(70)39-23-25-46-47(34-39)64(4,5)28-27-63(46,2)3/h15-26,33-37H,27-32H2,1-14H3. The summed E-state index contributed by atoms with van der Waals surface area (Å²) in [6.45, 7) is 35.2. The molecule has 0 saturated carbocycles. The van der Waals surface area contributed by atoms with Crippen LogP contribution in [0.15, 0.2) is 103 Å². The van der Waals surface area contributed by atoms with Gasteiger partial charge >= 0.3 is 6.85 Å². The highest BCUT2D eigenvalue weighted by Gasteiger charge is 2.58. The van der Waals surface area contributed by atoms with Crippen molar-refractivity contribution in [3.63, 3.8) is 0 Å². The van der Waals surface area contributed by atoms with E-state index in [1.165, 1.54) is 159 Å². The number of nitrogens with zero attached hydrogens (tertiary/aromatic N) is 2. The van der Waals surface area contributed by atoms with Gasteiger partial charge in [0.2, 0.25) is 0 Å². The molecule has 2 nitrogen and oxygen atoms in total. The number of aryl methyl sites for hydroxylation is 1. The van der Waals surface area contributed by atoms with E-state index < -0.39 is 0 Å². The van der Waals surface area contributed by atoms with E-state index in [0.717, 1.165) is 0 Å². The molecule has 0 spiro atoms. The maximum absolute atomic E-state index is 2.91. The molecule has 8 aromatic rings. The zero-order valence-electron chi connectivity index (χ0n) is 45.9. The van der Waals surface area contributed by atoms with Crippen molar-refractivity contribution in [2.45, 2.75) is 173 Å². The van der Waals surface area contributed by atoms with Crippen LogP contribution in [0.2, 0.25) is 0 Å². The van der Waals surface area contributed by atoms with Crippen LogP contribution in [0.5, 0.6) is 0 Å². The summed E-state index contributed by atoms with van der Waals surface area (Å²) < 4.78 is 2.75. The molecule has 0 saturated heterocycles. The zero-order chi connectivity index (χ0) is 50.6. The van der Waals surface area contributed by atoms with Crippen LogP contribution in [0.4, 0.5) is 28.4 Å². The average Bonchev–Trinajstić information content (AvgIpc) is 3.89. The predicted molar refractivity (Wildman–Crippen MR) is 315 cm³/mol. The Morgan fingerprint density at radius 2 is 1.05 bits per heavy atom. The van der Waals surface area contributed by atoms with Gasteiger partial charge in [-0.1, -0.05) is 150 Å². The number of hydrogen-bond donors (Lipinski definition) is 0. The van der Waals surface area contributed by atoms with E-state index in [9.17, 15) is 0 Å². The summed E-state index contributed by atoms with van der Waals surface area (Å²) >= 11 is 1.99. The Labute approximate surface area is 439 Å². The van der Waals surface area contributed by atoms with Gasteiger partial charge in [-0.15, -0.1) is 11.3 Å². The van der Waals surface area contributed by atoms with Gasteiger partial charge in [-0.3, -0.25) is 0 Å². The number of rotatable bonds is 1. The van der Waals surface area contributed by atoms with Crippen molar-refractivity contribution in [2.75, 3.05) is 9.71 Å². The minimum atomic E-state index is -0.373. The average molecular weight is 971 g/mol. The summed E-state index contributed by atoms with van der Waals surface area (Å²) in [4.78, 5) is 5.79. The molecule has 1 unspecified atom stereocenters. The lowest BCUT2D eigenvalue weighted by Gasteiger charge is -2.54. The molecule has 3 aliphatic heterocycles. The lowest BCUT2D eigenvalue weighted by molar-refractivity contribution is 0.327. The van der Waals surface area contributed by atoms with Crippen molar-refractivity contribution in [1.82, 2.24) is 0 Å². The van der Waals surface area contributed by atoms with Crippen LogP contribution in [0.3, 0.4) is 0 Å². The second-order valence-electron chi connectivity index (χ2n) is 28.2. The Bertz CT molecular complexity index is 3870. The first-order chi connectivity index (χ1) is 34.5. The fourth-order valence-electron chi connectivity index (χ4n) is 16.6.